The van der Waals surface area contributed by atoms with Crippen LogP contribution in [0.4, 0.5) is 0 Å². The third-order valence-electron chi connectivity index (χ3n) is 2.30. The normalized spacial score (nSPS) is 18.9. The number of likely N-dealkylation sites (tertiary alicyclic amines) is 1. The van der Waals surface area contributed by atoms with E-state index in [1.165, 1.54) is 0 Å². The molecule has 14 heavy (non-hydrogen) atoms. The van der Waals surface area contributed by atoms with E-state index in [-0.39, 0.29) is 11.4 Å². The summed E-state index contributed by atoms with van der Waals surface area (Å²) in [6.07, 6.45) is 3.23. The molecule has 0 saturated carbocycles. The van der Waals surface area contributed by atoms with E-state index in [1.54, 1.807) is 29.4 Å². The van der Waals surface area contributed by atoms with Gasteiger partial charge in [-0.1, -0.05) is 0 Å². The monoisotopic (exact) mass is 191 g/mol. The molecule has 0 unspecified atom stereocenters. The second-order valence-electron chi connectivity index (χ2n) is 4.06. The molecular formula is C10H13N3O. The molecule has 0 spiro atoms. The number of hydrogen-bond acceptors (Lipinski definition) is 3. The van der Waals surface area contributed by atoms with Gasteiger partial charge in [0.1, 0.15) is 0 Å². The van der Waals surface area contributed by atoms with Crippen LogP contribution >= 0.6 is 0 Å². The molecular weight excluding hydrogens is 178 g/mol. The Kier molecular flexibility index (Phi) is 2.00. The first-order chi connectivity index (χ1) is 6.58. The summed E-state index contributed by atoms with van der Waals surface area (Å²) >= 11 is 0. The first kappa shape index (κ1) is 9.15. The number of amides is 1. The molecule has 1 amide bonds. The van der Waals surface area contributed by atoms with Crippen LogP contribution in [0.1, 0.15) is 17.3 Å². The van der Waals surface area contributed by atoms with Crippen LogP contribution < -0.4 is 5.73 Å². The Morgan fingerprint density at radius 1 is 1.64 bits per heavy atom. The quantitative estimate of drug-likeness (QED) is 0.692. The minimum Gasteiger partial charge on any atom is -0.335 e. The molecule has 4 heteroatoms. The molecule has 1 fully saturated rings. The second-order valence-corrected chi connectivity index (χ2v) is 4.06. The van der Waals surface area contributed by atoms with Crippen LogP contribution in [0.5, 0.6) is 0 Å². The van der Waals surface area contributed by atoms with Gasteiger partial charge in [-0.05, 0) is 19.1 Å². The minimum absolute atomic E-state index is 0.0148. The fourth-order valence-electron chi connectivity index (χ4n) is 1.64. The van der Waals surface area contributed by atoms with Gasteiger partial charge in [0.2, 0.25) is 0 Å². The standard InChI is InChI=1S/C10H13N3O/c1-10(11)6-13(7-10)9(14)8-3-2-4-12-5-8/h2-5H,6-7,11H2,1H3. The molecule has 1 aromatic heterocycles. The van der Waals surface area contributed by atoms with Gasteiger partial charge < -0.3 is 10.6 Å². The summed E-state index contributed by atoms with van der Waals surface area (Å²) in [5.74, 6) is 0.0148. The van der Waals surface area contributed by atoms with Crippen molar-refractivity contribution in [3.05, 3.63) is 30.1 Å². The summed E-state index contributed by atoms with van der Waals surface area (Å²) in [7, 11) is 0. The van der Waals surface area contributed by atoms with E-state index >= 15 is 0 Å². The van der Waals surface area contributed by atoms with Crippen molar-refractivity contribution in [2.24, 2.45) is 5.73 Å². The lowest BCUT2D eigenvalue weighted by Crippen LogP contribution is -2.66. The largest absolute Gasteiger partial charge is 0.335 e. The molecule has 74 valence electrons. The van der Waals surface area contributed by atoms with E-state index in [0.717, 1.165) is 0 Å². The molecule has 1 aromatic rings. The molecule has 0 radical (unpaired) electrons. The highest BCUT2D eigenvalue weighted by molar-refractivity contribution is 5.94. The van der Waals surface area contributed by atoms with Crippen molar-refractivity contribution in [1.82, 2.24) is 9.88 Å². The van der Waals surface area contributed by atoms with Gasteiger partial charge in [-0.2, -0.15) is 0 Å². The molecule has 2 N–H and O–H groups in total. The molecule has 2 rings (SSSR count). The lowest BCUT2D eigenvalue weighted by Gasteiger charge is -2.45. The Hall–Kier alpha value is -1.42. The summed E-state index contributed by atoms with van der Waals surface area (Å²) in [6.45, 7) is 3.20. The van der Waals surface area contributed by atoms with Gasteiger partial charge >= 0.3 is 0 Å². The van der Waals surface area contributed by atoms with E-state index in [9.17, 15) is 4.79 Å². The Morgan fingerprint density at radius 3 is 2.86 bits per heavy atom. The maximum Gasteiger partial charge on any atom is 0.255 e. The number of hydrogen-bond donors (Lipinski definition) is 1. The molecule has 1 aliphatic heterocycles. The highest BCUT2D eigenvalue weighted by atomic mass is 16.2. The first-order valence-electron chi connectivity index (χ1n) is 4.57. The molecule has 2 heterocycles. The van der Waals surface area contributed by atoms with Crippen molar-refractivity contribution in [1.29, 1.82) is 0 Å². The third kappa shape index (κ3) is 1.61. The molecule has 4 nitrogen and oxygen atoms in total. The number of nitrogens with two attached hydrogens (primary N) is 1. The zero-order valence-electron chi connectivity index (χ0n) is 8.10. The lowest BCUT2D eigenvalue weighted by atomic mass is 9.93. The van der Waals surface area contributed by atoms with Crippen molar-refractivity contribution < 1.29 is 4.79 Å². The first-order valence-corrected chi connectivity index (χ1v) is 4.57. The van der Waals surface area contributed by atoms with Gasteiger partial charge in [0.05, 0.1) is 5.56 Å². The molecule has 1 saturated heterocycles. The van der Waals surface area contributed by atoms with Crippen LogP contribution in [-0.2, 0) is 0 Å². The van der Waals surface area contributed by atoms with Crippen LogP contribution in [0.25, 0.3) is 0 Å². The van der Waals surface area contributed by atoms with Crippen LogP contribution in [-0.4, -0.2) is 34.4 Å². The highest BCUT2D eigenvalue weighted by Gasteiger charge is 2.38. The number of carbonyl (C=O) groups excluding carboxylic acids is 1. The van der Waals surface area contributed by atoms with Crippen LogP contribution in [0.3, 0.4) is 0 Å². The van der Waals surface area contributed by atoms with Gasteiger partial charge in [0.25, 0.3) is 5.91 Å². The van der Waals surface area contributed by atoms with Gasteiger partial charge in [0.15, 0.2) is 0 Å². The maximum absolute atomic E-state index is 11.7. The number of aromatic nitrogens is 1. The lowest BCUT2D eigenvalue weighted by molar-refractivity contribution is 0.0453. The highest BCUT2D eigenvalue weighted by Crippen LogP contribution is 2.19. The van der Waals surface area contributed by atoms with Gasteiger partial charge in [0, 0.05) is 31.0 Å². The molecule has 0 aliphatic carbocycles. The van der Waals surface area contributed by atoms with Crippen LogP contribution in [0, 0.1) is 0 Å². The number of nitrogens with zero attached hydrogens (tertiary/aromatic N) is 2. The van der Waals surface area contributed by atoms with E-state index in [1.807, 2.05) is 6.92 Å². The summed E-state index contributed by atoms with van der Waals surface area (Å²) in [4.78, 5) is 17.4. The zero-order chi connectivity index (χ0) is 10.2. The Balaban J connectivity index is 2.05. The third-order valence-corrected chi connectivity index (χ3v) is 2.30. The van der Waals surface area contributed by atoms with Crippen LogP contribution in [0.2, 0.25) is 0 Å². The number of pyridine rings is 1. The predicted octanol–water partition coefficient (Wildman–Crippen LogP) is 0.255. The summed E-state index contributed by atoms with van der Waals surface area (Å²) < 4.78 is 0. The summed E-state index contributed by atoms with van der Waals surface area (Å²) in [5, 5.41) is 0. The van der Waals surface area contributed by atoms with Crippen molar-refractivity contribution in [2.45, 2.75) is 12.5 Å². The number of rotatable bonds is 1. The van der Waals surface area contributed by atoms with Gasteiger partial charge in [-0.15, -0.1) is 0 Å². The van der Waals surface area contributed by atoms with E-state index < -0.39 is 0 Å². The van der Waals surface area contributed by atoms with E-state index in [2.05, 4.69) is 4.98 Å². The summed E-state index contributed by atoms with van der Waals surface area (Å²) in [6, 6.07) is 3.52. The maximum atomic E-state index is 11.7. The smallest absolute Gasteiger partial charge is 0.255 e. The fourth-order valence-corrected chi connectivity index (χ4v) is 1.64. The van der Waals surface area contributed by atoms with Crippen molar-refractivity contribution in [3.63, 3.8) is 0 Å². The van der Waals surface area contributed by atoms with Gasteiger partial charge in [-0.25, -0.2) is 0 Å². The SMILES string of the molecule is CC1(N)CN(C(=O)c2cccnc2)C1. The van der Waals surface area contributed by atoms with Gasteiger partial charge in [-0.3, -0.25) is 9.78 Å². The van der Waals surface area contributed by atoms with Crippen molar-refractivity contribution in [3.8, 4) is 0 Å². The fraction of sp³-hybridized carbons (Fsp3) is 0.400. The van der Waals surface area contributed by atoms with Crippen molar-refractivity contribution in [2.75, 3.05) is 13.1 Å². The summed E-state index contributed by atoms with van der Waals surface area (Å²) in [5.41, 5.74) is 6.24. The molecule has 0 aromatic carbocycles. The zero-order valence-corrected chi connectivity index (χ0v) is 8.10. The predicted molar refractivity (Wildman–Crippen MR) is 52.7 cm³/mol. The van der Waals surface area contributed by atoms with Crippen LogP contribution in [0.15, 0.2) is 24.5 Å². The average Bonchev–Trinajstić information content (AvgIpc) is 2.14. The van der Waals surface area contributed by atoms with E-state index in [4.69, 9.17) is 5.73 Å². The second kappa shape index (κ2) is 3.06. The molecule has 0 bridgehead atoms. The minimum atomic E-state index is -0.210. The topological polar surface area (TPSA) is 59.2 Å². The molecule has 0 atom stereocenters. The Bertz CT molecular complexity index is 340. The van der Waals surface area contributed by atoms with E-state index in [0.29, 0.717) is 18.7 Å². The number of carbonyl (C=O) groups is 1. The average molecular weight is 191 g/mol. The van der Waals surface area contributed by atoms with Crippen molar-refractivity contribution >= 4 is 5.91 Å². The Labute approximate surface area is 82.7 Å². The Morgan fingerprint density at radius 2 is 2.36 bits per heavy atom. The molecule has 1 aliphatic rings.